The molecule has 148 valence electrons. The molecule has 0 aliphatic carbocycles. The summed E-state index contributed by atoms with van der Waals surface area (Å²) in [5.41, 5.74) is -0.424. The fourth-order valence-corrected chi connectivity index (χ4v) is 4.71. The molecule has 2 aromatic rings. The van der Waals surface area contributed by atoms with Gasteiger partial charge in [-0.2, -0.15) is 0 Å². The van der Waals surface area contributed by atoms with Crippen LogP contribution in [0.3, 0.4) is 0 Å². The van der Waals surface area contributed by atoms with Crippen LogP contribution in [0.5, 0.6) is 0 Å². The standard InChI is InChI=1S/C18H25N3O5S/c1-10(2)21-16-14(11-7-18(3,4)26-9-12(11)27-16)15(24)20(17(21)25)8-13(23)19-5-6-22/h10,22H,5-9H2,1-4H3,(H,19,23). The molecular weight excluding hydrogens is 370 g/mol. The molecule has 0 fully saturated rings. The molecule has 0 saturated carbocycles. The Balaban J connectivity index is 2.24. The number of carbonyl (C=O) groups is 1. The van der Waals surface area contributed by atoms with E-state index < -0.39 is 22.8 Å². The molecule has 0 radical (unpaired) electrons. The molecule has 1 amide bonds. The highest BCUT2D eigenvalue weighted by Gasteiger charge is 2.32. The maximum absolute atomic E-state index is 13.2. The van der Waals surface area contributed by atoms with Crippen molar-refractivity contribution in [3.05, 3.63) is 31.3 Å². The number of nitrogens with one attached hydrogen (secondary N) is 1. The molecule has 0 bridgehead atoms. The first-order valence-corrected chi connectivity index (χ1v) is 9.79. The molecule has 0 atom stereocenters. The molecule has 27 heavy (non-hydrogen) atoms. The van der Waals surface area contributed by atoms with E-state index in [1.165, 1.54) is 11.3 Å². The molecule has 3 heterocycles. The number of aromatic nitrogens is 2. The van der Waals surface area contributed by atoms with Gasteiger partial charge >= 0.3 is 5.69 Å². The van der Waals surface area contributed by atoms with E-state index in [0.717, 1.165) is 15.0 Å². The second kappa shape index (κ2) is 7.21. The van der Waals surface area contributed by atoms with Gasteiger partial charge in [-0.05, 0) is 33.3 Å². The van der Waals surface area contributed by atoms with Crippen LogP contribution < -0.4 is 16.6 Å². The maximum atomic E-state index is 13.2. The van der Waals surface area contributed by atoms with E-state index >= 15 is 0 Å². The number of nitrogens with zero attached hydrogens (tertiary/aromatic N) is 2. The van der Waals surface area contributed by atoms with Crippen LogP contribution >= 0.6 is 11.3 Å². The van der Waals surface area contributed by atoms with Gasteiger partial charge in [0.1, 0.15) is 11.4 Å². The largest absolute Gasteiger partial charge is 0.395 e. The number of amides is 1. The van der Waals surface area contributed by atoms with Gasteiger partial charge in [0.05, 0.1) is 24.2 Å². The van der Waals surface area contributed by atoms with Crippen LogP contribution in [0, 0.1) is 0 Å². The molecule has 0 unspecified atom stereocenters. The Bertz CT molecular complexity index is 999. The third-order valence-electron chi connectivity index (χ3n) is 4.64. The number of aliphatic hydroxyl groups is 1. The highest BCUT2D eigenvalue weighted by Crippen LogP contribution is 2.37. The predicted octanol–water partition coefficient (Wildman–Crippen LogP) is 0.765. The number of hydrogen-bond acceptors (Lipinski definition) is 6. The first kappa shape index (κ1) is 19.8. The molecule has 2 N–H and O–H groups in total. The summed E-state index contributed by atoms with van der Waals surface area (Å²) in [5.74, 6) is -0.481. The minimum atomic E-state index is -0.500. The zero-order valence-electron chi connectivity index (χ0n) is 16.0. The van der Waals surface area contributed by atoms with E-state index in [-0.39, 0.29) is 25.7 Å². The Labute approximate surface area is 160 Å². The second-order valence-corrected chi connectivity index (χ2v) is 8.70. The summed E-state index contributed by atoms with van der Waals surface area (Å²) in [7, 11) is 0. The lowest BCUT2D eigenvalue weighted by molar-refractivity contribution is -0.121. The van der Waals surface area contributed by atoms with Crippen LogP contribution in [0.2, 0.25) is 0 Å². The minimum absolute atomic E-state index is 0.0770. The molecule has 1 aliphatic rings. The average Bonchev–Trinajstić information content (AvgIpc) is 2.93. The summed E-state index contributed by atoms with van der Waals surface area (Å²) in [4.78, 5) is 39.8. The van der Waals surface area contributed by atoms with Crippen LogP contribution in [0.4, 0.5) is 0 Å². The molecule has 1 aliphatic heterocycles. The summed E-state index contributed by atoms with van der Waals surface area (Å²) in [6.45, 7) is 7.60. The van der Waals surface area contributed by atoms with Crippen molar-refractivity contribution in [1.29, 1.82) is 0 Å². The van der Waals surface area contributed by atoms with Crippen LogP contribution in [-0.2, 0) is 29.1 Å². The van der Waals surface area contributed by atoms with Crippen molar-refractivity contribution in [2.24, 2.45) is 0 Å². The molecule has 0 aromatic carbocycles. The fourth-order valence-electron chi connectivity index (χ4n) is 3.36. The summed E-state index contributed by atoms with van der Waals surface area (Å²) in [6, 6.07) is -0.165. The number of ether oxygens (including phenoxy) is 1. The normalized spacial score (nSPS) is 15.9. The highest BCUT2D eigenvalue weighted by molar-refractivity contribution is 7.18. The first-order valence-electron chi connectivity index (χ1n) is 8.97. The number of aliphatic hydroxyl groups excluding tert-OH is 1. The van der Waals surface area contributed by atoms with E-state index in [1.54, 1.807) is 4.57 Å². The first-order chi connectivity index (χ1) is 12.7. The van der Waals surface area contributed by atoms with Crippen LogP contribution in [0.1, 0.15) is 44.2 Å². The van der Waals surface area contributed by atoms with Gasteiger partial charge in [-0.1, -0.05) is 0 Å². The fraction of sp³-hybridized carbons (Fsp3) is 0.611. The SMILES string of the molecule is CC(C)n1c(=O)n(CC(=O)NCCO)c(=O)c2c3c(sc21)COC(C)(C)C3. The molecular formula is C18H25N3O5S. The Morgan fingerprint density at radius 1 is 1.37 bits per heavy atom. The lowest BCUT2D eigenvalue weighted by Gasteiger charge is -2.29. The lowest BCUT2D eigenvalue weighted by Crippen LogP contribution is -2.44. The van der Waals surface area contributed by atoms with Crippen molar-refractivity contribution in [3.63, 3.8) is 0 Å². The van der Waals surface area contributed by atoms with Crippen LogP contribution in [0.15, 0.2) is 9.59 Å². The van der Waals surface area contributed by atoms with Gasteiger partial charge in [-0.15, -0.1) is 11.3 Å². The summed E-state index contributed by atoms with van der Waals surface area (Å²) in [6.07, 6.45) is 0.574. The number of rotatable bonds is 5. The molecule has 2 aromatic heterocycles. The summed E-state index contributed by atoms with van der Waals surface area (Å²) in [5, 5.41) is 11.8. The van der Waals surface area contributed by atoms with Crippen molar-refractivity contribution >= 4 is 27.5 Å². The molecule has 8 nitrogen and oxygen atoms in total. The van der Waals surface area contributed by atoms with E-state index in [4.69, 9.17) is 9.84 Å². The van der Waals surface area contributed by atoms with Crippen molar-refractivity contribution in [2.45, 2.75) is 58.9 Å². The van der Waals surface area contributed by atoms with Gasteiger partial charge in [0, 0.05) is 23.9 Å². The highest BCUT2D eigenvalue weighted by atomic mass is 32.1. The van der Waals surface area contributed by atoms with Crippen molar-refractivity contribution < 1.29 is 14.6 Å². The molecule has 9 heteroatoms. The van der Waals surface area contributed by atoms with Crippen molar-refractivity contribution in [3.8, 4) is 0 Å². The predicted molar refractivity (Wildman–Crippen MR) is 103 cm³/mol. The van der Waals surface area contributed by atoms with Gasteiger partial charge in [0.2, 0.25) is 5.91 Å². The van der Waals surface area contributed by atoms with Crippen molar-refractivity contribution in [1.82, 2.24) is 14.5 Å². The summed E-state index contributed by atoms with van der Waals surface area (Å²) < 4.78 is 8.42. The third-order valence-corrected chi connectivity index (χ3v) is 5.84. The Morgan fingerprint density at radius 3 is 2.70 bits per heavy atom. The Hall–Kier alpha value is -1.97. The second-order valence-electron chi connectivity index (χ2n) is 7.62. The lowest BCUT2D eigenvalue weighted by atomic mass is 9.94. The third kappa shape index (κ3) is 3.59. The number of hydrogen-bond donors (Lipinski definition) is 2. The minimum Gasteiger partial charge on any atom is -0.395 e. The van der Waals surface area contributed by atoms with Gasteiger partial charge in [0.25, 0.3) is 5.56 Å². The number of fused-ring (bicyclic) bond motifs is 3. The molecule has 3 rings (SSSR count). The molecule has 0 spiro atoms. The number of carbonyl (C=O) groups excluding carboxylic acids is 1. The van der Waals surface area contributed by atoms with Crippen LogP contribution in [-0.4, -0.2) is 38.9 Å². The van der Waals surface area contributed by atoms with Gasteiger partial charge in [0.15, 0.2) is 0 Å². The Kier molecular flexibility index (Phi) is 5.29. The number of thiophene rings is 1. The zero-order valence-corrected chi connectivity index (χ0v) is 16.8. The maximum Gasteiger partial charge on any atom is 0.332 e. The van der Waals surface area contributed by atoms with Gasteiger partial charge < -0.3 is 15.2 Å². The van der Waals surface area contributed by atoms with Crippen LogP contribution in [0.25, 0.3) is 10.2 Å². The van der Waals surface area contributed by atoms with Gasteiger partial charge in [-0.3, -0.25) is 18.7 Å². The van der Waals surface area contributed by atoms with Crippen molar-refractivity contribution in [2.75, 3.05) is 13.2 Å². The smallest absolute Gasteiger partial charge is 0.332 e. The molecule has 0 saturated heterocycles. The zero-order chi connectivity index (χ0) is 19.9. The summed E-state index contributed by atoms with van der Waals surface area (Å²) >= 11 is 1.42. The monoisotopic (exact) mass is 395 g/mol. The Morgan fingerprint density at radius 2 is 2.07 bits per heavy atom. The van der Waals surface area contributed by atoms with E-state index in [9.17, 15) is 14.4 Å². The topological polar surface area (TPSA) is 103 Å². The van der Waals surface area contributed by atoms with E-state index in [2.05, 4.69) is 5.32 Å². The van der Waals surface area contributed by atoms with E-state index in [1.807, 2.05) is 27.7 Å². The quantitative estimate of drug-likeness (QED) is 0.778. The van der Waals surface area contributed by atoms with Gasteiger partial charge in [-0.25, -0.2) is 4.79 Å². The van der Waals surface area contributed by atoms with E-state index in [0.29, 0.717) is 23.2 Å². The average molecular weight is 395 g/mol.